The molecular weight excluding hydrogens is 104 g/mol. The molecule has 0 aliphatic heterocycles. The summed E-state index contributed by atoms with van der Waals surface area (Å²) in [5, 5.41) is 8.02. The molecule has 0 spiro atoms. The first-order chi connectivity index (χ1) is 3.77. The Hall–Kier alpha value is -1.05. The van der Waals surface area contributed by atoms with Gasteiger partial charge in [0.05, 0.1) is 0 Å². The minimum atomic E-state index is -0.914. The second-order valence-corrected chi connectivity index (χ2v) is 1.22. The smallest absolute Gasteiger partial charge is 0.328 e. The van der Waals surface area contributed by atoms with Gasteiger partial charge in [0.25, 0.3) is 0 Å². The molecule has 0 rings (SSSR count). The molecule has 0 amide bonds. The van der Waals surface area contributed by atoms with Crippen molar-refractivity contribution in [3.63, 3.8) is 0 Å². The van der Waals surface area contributed by atoms with Gasteiger partial charge in [-0.2, -0.15) is 0 Å². The van der Waals surface area contributed by atoms with Crippen molar-refractivity contribution in [2.24, 2.45) is 0 Å². The Kier molecular flexibility index (Phi) is 3.58. The van der Waals surface area contributed by atoms with Crippen LogP contribution < -0.4 is 0 Å². The molecule has 8 heavy (non-hydrogen) atoms. The van der Waals surface area contributed by atoms with E-state index in [1.807, 2.05) is 6.92 Å². The topological polar surface area (TPSA) is 37.3 Å². The number of hydrogen-bond donors (Lipinski definition) is 1. The third kappa shape index (κ3) is 4.95. The molecule has 0 aromatic rings. The van der Waals surface area contributed by atoms with Gasteiger partial charge in [-0.15, -0.1) is 0 Å². The molecule has 0 atom stereocenters. The molecular formula is C6H8O2. The maximum atomic E-state index is 9.75. The van der Waals surface area contributed by atoms with Gasteiger partial charge in [0, 0.05) is 6.08 Å². The van der Waals surface area contributed by atoms with Gasteiger partial charge in [0.15, 0.2) is 0 Å². The highest BCUT2D eigenvalue weighted by atomic mass is 16.4. The second kappa shape index (κ2) is 4.12. The number of carbonyl (C=O) groups is 1. The van der Waals surface area contributed by atoms with E-state index in [0.717, 1.165) is 6.08 Å². The van der Waals surface area contributed by atoms with Crippen LogP contribution in [0.4, 0.5) is 0 Å². The molecule has 0 unspecified atom stereocenters. The van der Waals surface area contributed by atoms with Crippen LogP contribution in [0.5, 0.6) is 0 Å². The number of aliphatic carboxylic acids is 1. The summed E-state index contributed by atoms with van der Waals surface area (Å²) in [6.45, 7) is 1.83. The van der Waals surface area contributed by atoms with Gasteiger partial charge in [-0.05, 0) is 6.92 Å². The van der Waals surface area contributed by atoms with Crippen molar-refractivity contribution in [1.29, 1.82) is 0 Å². The summed E-state index contributed by atoms with van der Waals surface area (Å²) in [7, 11) is 0. The summed E-state index contributed by atoms with van der Waals surface area (Å²) in [5.41, 5.74) is 0. The minimum absolute atomic E-state index is 0.914. The zero-order valence-electron chi connectivity index (χ0n) is 4.66. The van der Waals surface area contributed by atoms with Crippen molar-refractivity contribution >= 4 is 5.97 Å². The number of hydrogen-bond acceptors (Lipinski definition) is 1. The fourth-order valence-electron chi connectivity index (χ4n) is 0.249. The number of rotatable bonds is 2. The van der Waals surface area contributed by atoms with E-state index in [4.69, 9.17) is 5.11 Å². The van der Waals surface area contributed by atoms with Crippen LogP contribution in [-0.4, -0.2) is 11.1 Å². The summed E-state index contributed by atoms with van der Waals surface area (Å²) in [6.07, 6.45) is 5.98. The molecule has 2 nitrogen and oxygen atoms in total. The molecule has 0 aromatic heterocycles. The van der Waals surface area contributed by atoms with Crippen LogP contribution in [0.1, 0.15) is 6.92 Å². The van der Waals surface area contributed by atoms with Crippen LogP contribution in [-0.2, 0) is 4.79 Å². The summed E-state index contributed by atoms with van der Waals surface area (Å²) in [4.78, 5) is 9.75. The molecule has 44 valence electrons. The first-order valence-electron chi connectivity index (χ1n) is 2.29. The zero-order chi connectivity index (χ0) is 6.41. The summed E-state index contributed by atoms with van der Waals surface area (Å²) in [5.74, 6) is -0.914. The highest BCUT2D eigenvalue weighted by Gasteiger charge is 1.78. The Morgan fingerprint density at radius 2 is 2.12 bits per heavy atom. The molecule has 0 aliphatic carbocycles. The van der Waals surface area contributed by atoms with Gasteiger partial charge in [-0.25, -0.2) is 4.79 Å². The second-order valence-electron chi connectivity index (χ2n) is 1.22. The number of allylic oxidation sites excluding steroid dienone is 3. The van der Waals surface area contributed by atoms with Gasteiger partial charge >= 0.3 is 5.97 Å². The first-order valence-corrected chi connectivity index (χ1v) is 2.29. The van der Waals surface area contributed by atoms with E-state index in [-0.39, 0.29) is 0 Å². The van der Waals surface area contributed by atoms with Crippen molar-refractivity contribution in [3.05, 3.63) is 24.3 Å². The molecule has 0 saturated carbocycles. The van der Waals surface area contributed by atoms with E-state index >= 15 is 0 Å². The van der Waals surface area contributed by atoms with Crippen LogP contribution in [0.2, 0.25) is 0 Å². The fourth-order valence-corrected chi connectivity index (χ4v) is 0.249. The van der Waals surface area contributed by atoms with Gasteiger partial charge < -0.3 is 5.11 Å². The van der Waals surface area contributed by atoms with Crippen molar-refractivity contribution < 1.29 is 9.90 Å². The SMILES string of the molecule is C/C=C\C=C/C(=O)O. The molecule has 0 aromatic carbocycles. The van der Waals surface area contributed by atoms with Crippen LogP contribution >= 0.6 is 0 Å². The van der Waals surface area contributed by atoms with E-state index < -0.39 is 5.97 Å². The highest BCUT2D eigenvalue weighted by molar-refractivity contribution is 5.80. The summed E-state index contributed by atoms with van der Waals surface area (Å²) >= 11 is 0. The monoisotopic (exact) mass is 112 g/mol. The lowest BCUT2D eigenvalue weighted by Crippen LogP contribution is -1.83. The molecule has 0 fully saturated rings. The standard InChI is InChI=1S/C6H8O2/c1-2-3-4-5-6(7)8/h2-5H,1H3,(H,7,8)/b3-2-,5-4-. The van der Waals surface area contributed by atoms with Gasteiger partial charge in [0.1, 0.15) is 0 Å². The minimum Gasteiger partial charge on any atom is -0.478 e. The third-order valence-corrected chi connectivity index (χ3v) is 0.542. The van der Waals surface area contributed by atoms with Crippen LogP contribution in [0.3, 0.4) is 0 Å². The average molecular weight is 112 g/mol. The van der Waals surface area contributed by atoms with E-state index in [1.165, 1.54) is 6.08 Å². The van der Waals surface area contributed by atoms with Crippen molar-refractivity contribution in [3.8, 4) is 0 Å². The molecule has 0 radical (unpaired) electrons. The molecule has 2 heteroatoms. The highest BCUT2D eigenvalue weighted by Crippen LogP contribution is 1.74. The van der Waals surface area contributed by atoms with Gasteiger partial charge in [-0.3, -0.25) is 0 Å². The number of carboxylic acid groups (broad SMARTS) is 1. The molecule has 0 saturated heterocycles. The molecule has 0 heterocycles. The fraction of sp³-hybridized carbons (Fsp3) is 0.167. The summed E-state index contributed by atoms with van der Waals surface area (Å²) in [6, 6.07) is 0. The Morgan fingerprint density at radius 1 is 1.50 bits per heavy atom. The molecule has 1 N–H and O–H groups in total. The predicted molar refractivity (Wildman–Crippen MR) is 31.6 cm³/mol. The Labute approximate surface area is 48.1 Å². The zero-order valence-corrected chi connectivity index (χ0v) is 4.66. The van der Waals surface area contributed by atoms with Crippen molar-refractivity contribution in [1.82, 2.24) is 0 Å². The average Bonchev–Trinajstić information content (AvgIpc) is 1.66. The van der Waals surface area contributed by atoms with E-state index in [0.29, 0.717) is 0 Å². The Bertz CT molecular complexity index is 122. The van der Waals surface area contributed by atoms with Crippen LogP contribution in [0, 0.1) is 0 Å². The lowest BCUT2D eigenvalue weighted by atomic mass is 10.4. The van der Waals surface area contributed by atoms with E-state index in [1.54, 1.807) is 12.2 Å². The quantitative estimate of drug-likeness (QED) is 0.430. The lowest BCUT2D eigenvalue weighted by molar-refractivity contribution is -0.131. The van der Waals surface area contributed by atoms with Crippen molar-refractivity contribution in [2.75, 3.05) is 0 Å². The Balaban J connectivity index is 3.50. The largest absolute Gasteiger partial charge is 0.478 e. The maximum Gasteiger partial charge on any atom is 0.328 e. The lowest BCUT2D eigenvalue weighted by Gasteiger charge is -1.72. The van der Waals surface area contributed by atoms with Gasteiger partial charge in [0.2, 0.25) is 0 Å². The summed E-state index contributed by atoms with van der Waals surface area (Å²) < 4.78 is 0. The molecule has 0 aliphatic rings. The van der Waals surface area contributed by atoms with E-state index in [9.17, 15) is 4.79 Å². The Morgan fingerprint density at radius 3 is 2.50 bits per heavy atom. The van der Waals surface area contributed by atoms with Gasteiger partial charge in [-0.1, -0.05) is 18.2 Å². The van der Waals surface area contributed by atoms with Crippen LogP contribution in [0.15, 0.2) is 24.3 Å². The maximum absolute atomic E-state index is 9.75. The predicted octanol–water partition coefficient (Wildman–Crippen LogP) is 1.20. The number of carboxylic acids is 1. The third-order valence-electron chi connectivity index (χ3n) is 0.542. The first kappa shape index (κ1) is 6.95. The van der Waals surface area contributed by atoms with Crippen molar-refractivity contribution in [2.45, 2.75) is 6.92 Å². The van der Waals surface area contributed by atoms with E-state index in [2.05, 4.69) is 0 Å². The normalized spacial score (nSPS) is 11.1. The van der Waals surface area contributed by atoms with Crippen LogP contribution in [0.25, 0.3) is 0 Å². The molecule has 0 bridgehead atoms.